The predicted octanol–water partition coefficient (Wildman–Crippen LogP) is 1.61. The van der Waals surface area contributed by atoms with E-state index in [1.807, 2.05) is 4.90 Å². The molecule has 0 aliphatic carbocycles. The Kier molecular flexibility index (Phi) is 5.92. The third kappa shape index (κ3) is 3.42. The van der Waals surface area contributed by atoms with Crippen LogP contribution in [-0.2, 0) is 9.53 Å². The van der Waals surface area contributed by atoms with E-state index in [0.717, 1.165) is 25.8 Å². The molecule has 4 heteroatoms. The zero-order valence-electron chi connectivity index (χ0n) is 11.5. The maximum atomic E-state index is 12.3. The van der Waals surface area contributed by atoms with Crippen molar-refractivity contribution >= 4 is 5.91 Å². The van der Waals surface area contributed by atoms with Crippen molar-refractivity contribution in [2.24, 2.45) is 5.92 Å². The van der Waals surface area contributed by atoms with Gasteiger partial charge in [0, 0.05) is 20.3 Å². The minimum absolute atomic E-state index is 0.00694. The van der Waals surface area contributed by atoms with Crippen LogP contribution in [0.2, 0.25) is 0 Å². The Balaban J connectivity index is 2.58. The molecule has 100 valence electrons. The van der Waals surface area contributed by atoms with Crippen LogP contribution in [0.15, 0.2) is 0 Å². The number of carbonyl (C=O) groups excluding carboxylic acids is 1. The van der Waals surface area contributed by atoms with E-state index in [1.165, 1.54) is 0 Å². The van der Waals surface area contributed by atoms with Gasteiger partial charge in [0.15, 0.2) is 0 Å². The third-order valence-corrected chi connectivity index (χ3v) is 3.64. The summed E-state index contributed by atoms with van der Waals surface area (Å²) < 4.78 is 5.04. The Bertz CT molecular complexity index is 246. The first-order valence-electron chi connectivity index (χ1n) is 6.71. The van der Waals surface area contributed by atoms with Gasteiger partial charge < -0.3 is 9.64 Å². The minimum atomic E-state index is 0.00694. The lowest BCUT2D eigenvalue weighted by Crippen LogP contribution is -2.37. The van der Waals surface area contributed by atoms with Crippen molar-refractivity contribution in [3.8, 4) is 0 Å². The van der Waals surface area contributed by atoms with Gasteiger partial charge in [0.25, 0.3) is 0 Å². The summed E-state index contributed by atoms with van der Waals surface area (Å²) >= 11 is 0. The molecule has 1 heterocycles. The second-order valence-electron chi connectivity index (χ2n) is 4.83. The van der Waals surface area contributed by atoms with Crippen molar-refractivity contribution in [3.63, 3.8) is 0 Å². The molecule has 0 saturated carbocycles. The van der Waals surface area contributed by atoms with Gasteiger partial charge in [-0.15, -0.1) is 0 Å². The molecule has 0 bridgehead atoms. The van der Waals surface area contributed by atoms with Crippen molar-refractivity contribution in [2.45, 2.75) is 52.2 Å². The predicted molar refractivity (Wildman–Crippen MR) is 68.7 cm³/mol. The maximum Gasteiger partial charge on any atom is 0.241 e. The average molecular weight is 242 g/mol. The molecule has 1 N–H and O–H groups in total. The number of nitrogens with one attached hydrogen (secondary N) is 1. The van der Waals surface area contributed by atoms with Crippen LogP contribution in [0.5, 0.6) is 0 Å². The fourth-order valence-electron chi connectivity index (χ4n) is 2.33. The standard InChI is InChI=1S/C13H26N2O2/c1-5-10(3)12-13(16)15(8-7-9-17-4)11(6-2)14-12/h10-12,14H,5-9H2,1-4H3. The molecule has 4 nitrogen and oxygen atoms in total. The van der Waals surface area contributed by atoms with E-state index in [1.54, 1.807) is 7.11 Å². The summed E-state index contributed by atoms with van der Waals surface area (Å²) in [6.07, 6.45) is 3.11. The Hall–Kier alpha value is -0.610. The molecular weight excluding hydrogens is 216 g/mol. The lowest BCUT2D eigenvalue weighted by atomic mass is 9.99. The van der Waals surface area contributed by atoms with Crippen LogP contribution in [-0.4, -0.2) is 43.3 Å². The summed E-state index contributed by atoms with van der Waals surface area (Å²) in [5, 5.41) is 3.45. The molecule has 0 radical (unpaired) electrons. The van der Waals surface area contributed by atoms with Crippen molar-refractivity contribution < 1.29 is 9.53 Å². The number of methoxy groups -OCH3 is 1. The smallest absolute Gasteiger partial charge is 0.241 e. The van der Waals surface area contributed by atoms with Crippen LogP contribution in [0.4, 0.5) is 0 Å². The molecule has 0 spiro atoms. The second kappa shape index (κ2) is 6.97. The highest BCUT2D eigenvalue weighted by Crippen LogP contribution is 2.20. The Morgan fingerprint density at radius 3 is 2.71 bits per heavy atom. The summed E-state index contributed by atoms with van der Waals surface area (Å²) in [5.74, 6) is 0.672. The van der Waals surface area contributed by atoms with Gasteiger partial charge >= 0.3 is 0 Å². The van der Waals surface area contributed by atoms with E-state index in [2.05, 4.69) is 26.1 Å². The van der Waals surface area contributed by atoms with Crippen LogP contribution in [0, 0.1) is 5.92 Å². The van der Waals surface area contributed by atoms with Crippen LogP contribution >= 0.6 is 0 Å². The molecular formula is C13H26N2O2. The first-order chi connectivity index (χ1) is 8.15. The van der Waals surface area contributed by atoms with Crippen molar-refractivity contribution in [1.82, 2.24) is 10.2 Å². The molecule has 1 aliphatic heterocycles. The molecule has 1 aliphatic rings. The normalized spacial score (nSPS) is 26.6. The summed E-state index contributed by atoms with van der Waals surface area (Å²) in [6.45, 7) is 7.90. The highest BCUT2D eigenvalue weighted by atomic mass is 16.5. The molecule has 0 aromatic heterocycles. The van der Waals surface area contributed by atoms with Crippen LogP contribution < -0.4 is 5.32 Å². The molecule has 3 atom stereocenters. The molecule has 1 saturated heterocycles. The number of hydrogen-bond donors (Lipinski definition) is 1. The average Bonchev–Trinajstić information content (AvgIpc) is 2.66. The third-order valence-electron chi connectivity index (χ3n) is 3.64. The van der Waals surface area contributed by atoms with Crippen LogP contribution in [0.1, 0.15) is 40.0 Å². The van der Waals surface area contributed by atoms with Gasteiger partial charge in [0.1, 0.15) is 0 Å². The molecule has 17 heavy (non-hydrogen) atoms. The number of hydrogen-bond acceptors (Lipinski definition) is 3. The summed E-state index contributed by atoms with van der Waals surface area (Å²) in [6, 6.07) is 0.00694. The largest absolute Gasteiger partial charge is 0.385 e. The topological polar surface area (TPSA) is 41.6 Å². The lowest BCUT2D eigenvalue weighted by Gasteiger charge is -2.22. The van der Waals surface area contributed by atoms with Crippen molar-refractivity contribution in [2.75, 3.05) is 20.3 Å². The quantitative estimate of drug-likeness (QED) is 0.690. The number of rotatable bonds is 7. The van der Waals surface area contributed by atoms with Crippen molar-refractivity contribution in [3.05, 3.63) is 0 Å². The second-order valence-corrected chi connectivity index (χ2v) is 4.83. The Labute approximate surface area is 105 Å². The van der Waals surface area contributed by atoms with Gasteiger partial charge in [-0.1, -0.05) is 27.2 Å². The monoisotopic (exact) mass is 242 g/mol. The maximum absolute atomic E-state index is 12.3. The van der Waals surface area contributed by atoms with E-state index in [9.17, 15) is 4.79 Å². The van der Waals surface area contributed by atoms with E-state index >= 15 is 0 Å². The van der Waals surface area contributed by atoms with Gasteiger partial charge in [-0.2, -0.15) is 0 Å². The SMILES string of the molecule is CCC(C)C1NC(CC)N(CCCOC)C1=O. The Morgan fingerprint density at radius 1 is 1.47 bits per heavy atom. The lowest BCUT2D eigenvalue weighted by molar-refractivity contribution is -0.131. The van der Waals surface area contributed by atoms with Gasteiger partial charge in [0.2, 0.25) is 5.91 Å². The van der Waals surface area contributed by atoms with E-state index in [4.69, 9.17) is 4.74 Å². The first-order valence-corrected chi connectivity index (χ1v) is 6.71. The van der Waals surface area contributed by atoms with Gasteiger partial charge in [-0.05, 0) is 18.8 Å². The molecule has 3 unspecified atom stereocenters. The molecule has 1 amide bonds. The zero-order chi connectivity index (χ0) is 12.8. The van der Waals surface area contributed by atoms with Crippen LogP contribution in [0.3, 0.4) is 0 Å². The highest BCUT2D eigenvalue weighted by molar-refractivity contribution is 5.84. The minimum Gasteiger partial charge on any atom is -0.385 e. The molecule has 0 aromatic carbocycles. The number of amides is 1. The van der Waals surface area contributed by atoms with E-state index < -0.39 is 0 Å². The molecule has 1 rings (SSSR count). The summed E-state index contributed by atoms with van der Waals surface area (Å²) in [5.41, 5.74) is 0. The van der Waals surface area contributed by atoms with Crippen molar-refractivity contribution in [1.29, 1.82) is 0 Å². The van der Waals surface area contributed by atoms with Gasteiger partial charge in [-0.3, -0.25) is 10.1 Å². The number of nitrogens with zero attached hydrogens (tertiary/aromatic N) is 1. The van der Waals surface area contributed by atoms with Gasteiger partial charge in [-0.25, -0.2) is 0 Å². The molecule has 1 fully saturated rings. The number of ether oxygens (including phenoxy) is 1. The summed E-state index contributed by atoms with van der Waals surface area (Å²) in [7, 11) is 1.70. The molecule has 0 aromatic rings. The Morgan fingerprint density at radius 2 is 2.18 bits per heavy atom. The van der Waals surface area contributed by atoms with Crippen LogP contribution in [0.25, 0.3) is 0 Å². The number of carbonyl (C=O) groups is 1. The highest BCUT2D eigenvalue weighted by Gasteiger charge is 2.39. The fourth-order valence-corrected chi connectivity index (χ4v) is 2.33. The summed E-state index contributed by atoms with van der Waals surface area (Å²) in [4.78, 5) is 14.3. The van der Waals surface area contributed by atoms with Gasteiger partial charge in [0.05, 0.1) is 12.2 Å². The van der Waals surface area contributed by atoms with E-state index in [-0.39, 0.29) is 18.1 Å². The first kappa shape index (κ1) is 14.5. The van der Waals surface area contributed by atoms with E-state index in [0.29, 0.717) is 12.5 Å². The fraction of sp³-hybridized carbons (Fsp3) is 0.923. The zero-order valence-corrected chi connectivity index (χ0v) is 11.5.